The Hall–Kier alpha value is -3.03. The van der Waals surface area contributed by atoms with Crippen LogP contribution in [0.25, 0.3) is 0 Å². The maximum absolute atomic E-state index is 12.2. The van der Waals surface area contributed by atoms with Gasteiger partial charge in [-0.1, -0.05) is 26.0 Å². The Kier molecular flexibility index (Phi) is 7.64. The number of anilines is 1. The molecule has 0 aliphatic rings. The maximum atomic E-state index is 12.2. The number of nitrogens with one attached hydrogen (secondary N) is 2. The van der Waals surface area contributed by atoms with Gasteiger partial charge in [-0.05, 0) is 47.9 Å². The molecule has 2 N–H and O–H groups in total. The summed E-state index contributed by atoms with van der Waals surface area (Å²) in [6, 6.07) is 12.5. The SMILES string of the molecule is CC(C)CC(=O)Nc1cccc(CNC(=O)c2ccc(OCC(F)(F)F)cc2)c1. The van der Waals surface area contributed by atoms with Gasteiger partial charge in [-0.2, -0.15) is 13.2 Å². The summed E-state index contributed by atoms with van der Waals surface area (Å²) < 4.78 is 41.1. The zero-order chi connectivity index (χ0) is 21.4. The van der Waals surface area contributed by atoms with Crippen LogP contribution in [0.3, 0.4) is 0 Å². The number of halogens is 3. The molecular formula is C21H23F3N2O3. The number of rotatable bonds is 8. The van der Waals surface area contributed by atoms with Gasteiger partial charge in [-0.25, -0.2) is 0 Å². The van der Waals surface area contributed by atoms with Crippen molar-refractivity contribution in [1.29, 1.82) is 0 Å². The Bertz CT molecular complexity index is 834. The van der Waals surface area contributed by atoms with Crippen LogP contribution in [-0.2, 0) is 11.3 Å². The van der Waals surface area contributed by atoms with Crippen LogP contribution in [0, 0.1) is 5.92 Å². The Balaban J connectivity index is 1.88. The molecule has 2 aromatic carbocycles. The van der Waals surface area contributed by atoms with E-state index in [4.69, 9.17) is 0 Å². The van der Waals surface area contributed by atoms with E-state index in [-0.39, 0.29) is 30.0 Å². The minimum Gasteiger partial charge on any atom is -0.484 e. The molecule has 5 nitrogen and oxygen atoms in total. The average Bonchev–Trinajstić information content (AvgIpc) is 2.64. The molecule has 8 heteroatoms. The number of benzene rings is 2. The van der Waals surface area contributed by atoms with E-state index in [1.54, 1.807) is 18.2 Å². The number of hydrogen-bond donors (Lipinski definition) is 2. The molecule has 0 atom stereocenters. The molecule has 156 valence electrons. The van der Waals surface area contributed by atoms with E-state index in [2.05, 4.69) is 15.4 Å². The lowest BCUT2D eigenvalue weighted by Gasteiger charge is -2.11. The van der Waals surface area contributed by atoms with Crippen LogP contribution in [0.15, 0.2) is 48.5 Å². The van der Waals surface area contributed by atoms with Gasteiger partial charge < -0.3 is 15.4 Å². The third-order valence-corrected chi connectivity index (χ3v) is 3.78. The molecule has 0 aromatic heterocycles. The van der Waals surface area contributed by atoms with Gasteiger partial charge in [0.15, 0.2) is 6.61 Å². The Labute approximate surface area is 167 Å². The fourth-order valence-corrected chi connectivity index (χ4v) is 2.49. The van der Waals surface area contributed by atoms with Crippen LogP contribution in [0.1, 0.15) is 36.2 Å². The van der Waals surface area contributed by atoms with Crippen LogP contribution in [-0.4, -0.2) is 24.6 Å². The number of alkyl halides is 3. The van der Waals surface area contributed by atoms with Crippen molar-refractivity contribution in [2.24, 2.45) is 5.92 Å². The molecule has 0 spiro atoms. The highest BCUT2D eigenvalue weighted by Gasteiger charge is 2.28. The van der Waals surface area contributed by atoms with Crippen LogP contribution >= 0.6 is 0 Å². The molecule has 0 saturated carbocycles. The summed E-state index contributed by atoms with van der Waals surface area (Å²) in [6.45, 7) is 2.77. The number of carbonyl (C=O) groups is 2. The molecule has 2 rings (SSSR count). The van der Waals surface area contributed by atoms with Crippen molar-refractivity contribution in [3.05, 3.63) is 59.7 Å². The van der Waals surface area contributed by atoms with E-state index in [0.717, 1.165) is 5.56 Å². The van der Waals surface area contributed by atoms with Gasteiger partial charge in [0.1, 0.15) is 5.75 Å². The quantitative estimate of drug-likeness (QED) is 0.674. The molecule has 0 radical (unpaired) electrons. The second-order valence-electron chi connectivity index (χ2n) is 6.96. The van der Waals surface area contributed by atoms with Gasteiger partial charge >= 0.3 is 6.18 Å². The monoisotopic (exact) mass is 408 g/mol. The van der Waals surface area contributed by atoms with Gasteiger partial charge in [-0.3, -0.25) is 9.59 Å². The first-order valence-electron chi connectivity index (χ1n) is 9.09. The van der Waals surface area contributed by atoms with Crippen molar-refractivity contribution < 1.29 is 27.5 Å². The molecule has 0 saturated heterocycles. The molecule has 29 heavy (non-hydrogen) atoms. The minimum atomic E-state index is -4.42. The predicted molar refractivity (Wildman–Crippen MR) is 104 cm³/mol. The molecule has 0 unspecified atom stereocenters. The molecule has 0 heterocycles. The van der Waals surface area contributed by atoms with Crippen LogP contribution < -0.4 is 15.4 Å². The fraction of sp³-hybridized carbons (Fsp3) is 0.333. The molecular weight excluding hydrogens is 385 g/mol. The van der Waals surface area contributed by atoms with Crippen LogP contribution in [0.4, 0.5) is 18.9 Å². The summed E-state index contributed by atoms with van der Waals surface area (Å²) in [5, 5.41) is 5.55. The molecule has 0 aliphatic carbocycles. The Morgan fingerprint density at radius 2 is 1.76 bits per heavy atom. The minimum absolute atomic E-state index is 0.0312. The van der Waals surface area contributed by atoms with Gasteiger partial charge in [0.2, 0.25) is 5.91 Å². The smallest absolute Gasteiger partial charge is 0.422 e. The second-order valence-corrected chi connectivity index (χ2v) is 6.96. The van der Waals surface area contributed by atoms with Crippen LogP contribution in [0.2, 0.25) is 0 Å². The lowest BCUT2D eigenvalue weighted by molar-refractivity contribution is -0.153. The number of carbonyl (C=O) groups excluding carboxylic acids is 2. The van der Waals surface area contributed by atoms with Crippen LogP contribution in [0.5, 0.6) is 5.75 Å². The summed E-state index contributed by atoms with van der Waals surface area (Å²) >= 11 is 0. The van der Waals surface area contributed by atoms with Crippen molar-refractivity contribution in [2.45, 2.75) is 33.0 Å². The summed E-state index contributed by atoms with van der Waals surface area (Å²) in [5.41, 5.74) is 1.74. The molecule has 0 bridgehead atoms. The predicted octanol–water partition coefficient (Wildman–Crippen LogP) is 4.54. The van der Waals surface area contributed by atoms with E-state index in [0.29, 0.717) is 17.7 Å². The normalized spacial score (nSPS) is 11.2. The Morgan fingerprint density at radius 3 is 2.38 bits per heavy atom. The first-order chi connectivity index (χ1) is 13.6. The summed E-state index contributed by atoms with van der Waals surface area (Å²) in [4.78, 5) is 24.1. The van der Waals surface area contributed by atoms with E-state index in [1.165, 1.54) is 24.3 Å². The lowest BCUT2D eigenvalue weighted by atomic mass is 10.1. The summed E-state index contributed by atoms with van der Waals surface area (Å²) in [6.07, 6.45) is -4.00. The Morgan fingerprint density at radius 1 is 1.07 bits per heavy atom. The number of amides is 2. The lowest BCUT2D eigenvalue weighted by Crippen LogP contribution is -2.23. The maximum Gasteiger partial charge on any atom is 0.422 e. The van der Waals surface area contributed by atoms with Crippen molar-refractivity contribution in [1.82, 2.24) is 5.32 Å². The van der Waals surface area contributed by atoms with E-state index < -0.39 is 12.8 Å². The highest BCUT2D eigenvalue weighted by atomic mass is 19.4. The standard InChI is InChI=1S/C21H23F3N2O3/c1-14(2)10-19(27)26-17-5-3-4-15(11-17)12-25-20(28)16-6-8-18(9-7-16)29-13-21(22,23)24/h3-9,11,14H,10,12-13H2,1-2H3,(H,25,28)(H,26,27). The molecule has 0 aliphatic heterocycles. The fourth-order valence-electron chi connectivity index (χ4n) is 2.49. The zero-order valence-electron chi connectivity index (χ0n) is 16.2. The van der Waals surface area contributed by atoms with Gasteiger partial charge in [0.05, 0.1) is 0 Å². The van der Waals surface area contributed by atoms with Crippen molar-refractivity contribution in [3.63, 3.8) is 0 Å². The van der Waals surface area contributed by atoms with Gasteiger partial charge in [0.25, 0.3) is 5.91 Å². The number of hydrogen-bond acceptors (Lipinski definition) is 3. The third-order valence-electron chi connectivity index (χ3n) is 3.78. The first-order valence-corrected chi connectivity index (χ1v) is 9.09. The molecule has 0 fully saturated rings. The van der Waals surface area contributed by atoms with Crippen molar-refractivity contribution in [3.8, 4) is 5.75 Å². The van der Waals surface area contributed by atoms with Crippen molar-refractivity contribution in [2.75, 3.05) is 11.9 Å². The topological polar surface area (TPSA) is 67.4 Å². The largest absolute Gasteiger partial charge is 0.484 e. The zero-order valence-corrected chi connectivity index (χ0v) is 16.2. The molecule has 2 amide bonds. The average molecular weight is 408 g/mol. The van der Waals surface area contributed by atoms with E-state index in [1.807, 2.05) is 19.9 Å². The molecule has 2 aromatic rings. The highest BCUT2D eigenvalue weighted by molar-refractivity contribution is 5.94. The van der Waals surface area contributed by atoms with Crippen molar-refractivity contribution >= 4 is 17.5 Å². The summed E-state index contributed by atoms with van der Waals surface area (Å²) in [7, 11) is 0. The van der Waals surface area contributed by atoms with Gasteiger partial charge in [0, 0.05) is 24.2 Å². The summed E-state index contributed by atoms with van der Waals surface area (Å²) in [5.74, 6) is -0.165. The number of ether oxygens (including phenoxy) is 1. The van der Waals surface area contributed by atoms with E-state index >= 15 is 0 Å². The first kappa shape index (κ1) is 22.3. The second kappa shape index (κ2) is 9.95. The van der Waals surface area contributed by atoms with Gasteiger partial charge in [-0.15, -0.1) is 0 Å². The third kappa shape index (κ3) is 8.25. The highest BCUT2D eigenvalue weighted by Crippen LogP contribution is 2.19. The van der Waals surface area contributed by atoms with E-state index in [9.17, 15) is 22.8 Å².